The van der Waals surface area contributed by atoms with Crippen molar-refractivity contribution in [2.45, 2.75) is 32.2 Å². The summed E-state index contributed by atoms with van der Waals surface area (Å²) in [5.41, 5.74) is 16.3. The van der Waals surface area contributed by atoms with Gasteiger partial charge in [-0.25, -0.2) is 4.98 Å². The zero-order chi connectivity index (χ0) is 23.2. The van der Waals surface area contributed by atoms with Crippen LogP contribution in [-0.2, 0) is 0 Å². The Labute approximate surface area is 212 Å². The van der Waals surface area contributed by atoms with Gasteiger partial charge in [0, 0.05) is 16.9 Å². The van der Waals surface area contributed by atoms with Gasteiger partial charge in [-0.15, -0.1) is 12.4 Å². The number of nitrogens with two attached hydrogens (primary N) is 2. The quantitative estimate of drug-likeness (QED) is 0.244. The van der Waals surface area contributed by atoms with Crippen molar-refractivity contribution < 1.29 is 4.74 Å². The third-order valence-corrected chi connectivity index (χ3v) is 6.03. The molecule has 0 radical (unpaired) electrons. The van der Waals surface area contributed by atoms with Crippen LogP contribution in [0.25, 0.3) is 11.3 Å². The van der Waals surface area contributed by atoms with E-state index in [-0.39, 0.29) is 18.4 Å². The van der Waals surface area contributed by atoms with Crippen LogP contribution in [0.5, 0.6) is 5.75 Å². The average molecular weight is 497 g/mol. The summed E-state index contributed by atoms with van der Waals surface area (Å²) in [4.78, 5) is 4.60. The van der Waals surface area contributed by atoms with Gasteiger partial charge in [0.25, 0.3) is 0 Å². The van der Waals surface area contributed by atoms with E-state index in [1.807, 2.05) is 54.7 Å². The Balaban J connectivity index is 0.00000324. The maximum atomic E-state index is 6.63. The molecule has 1 unspecified atom stereocenters. The number of nitrogens with zero attached hydrogens (tertiary/aromatic N) is 2. The number of benzene rings is 2. The second kappa shape index (κ2) is 11.8. The normalized spacial score (nSPS) is 11.6. The third-order valence-electron chi connectivity index (χ3n) is 5.68. The van der Waals surface area contributed by atoms with E-state index in [1.54, 1.807) is 6.07 Å². The van der Waals surface area contributed by atoms with Gasteiger partial charge in [0.2, 0.25) is 0 Å². The Morgan fingerprint density at radius 1 is 0.941 bits per heavy atom. The molecule has 0 fully saturated rings. The molecule has 2 aromatic heterocycles. The highest BCUT2D eigenvalue weighted by Crippen LogP contribution is 2.36. The Morgan fingerprint density at radius 2 is 1.71 bits per heavy atom. The summed E-state index contributed by atoms with van der Waals surface area (Å²) >= 11 is 6.63. The number of hydrogen-bond donors (Lipinski definition) is 2. The molecule has 178 valence electrons. The van der Waals surface area contributed by atoms with Crippen LogP contribution < -0.4 is 16.2 Å². The van der Waals surface area contributed by atoms with Crippen LogP contribution >= 0.6 is 24.0 Å². The Hall–Kier alpha value is -3.15. The van der Waals surface area contributed by atoms with Gasteiger partial charge in [-0.3, -0.25) is 0 Å². The van der Waals surface area contributed by atoms with Gasteiger partial charge < -0.3 is 20.8 Å². The number of ether oxygens (including phenoxy) is 1. The predicted octanol–water partition coefficient (Wildman–Crippen LogP) is 7.00. The van der Waals surface area contributed by atoms with Gasteiger partial charge in [-0.05, 0) is 72.1 Å². The molecule has 0 saturated heterocycles. The zero-order valence-corrected chi connectivity index (χ0v) is 20.7. The highest BCUT2D eigenvalue weighted by Gasteiger charge is 2.23. The molecule has 0 aliphatic heterocycles. The second-order valence-corrected chi connectivity index (χ2v) is 8.42. The van der Waals surface area contributed by atoms with Crippen molar-refractivity contribution in [1.29, 1.82) is 0 Å². The molecule has 0 aliphatic rings. The number of nitrogen functional groups attached to an aromatic ring is 2. The van der Waals surface area contributed by atoms with E-state index in [4.69, 9.17) is 27.8 Å². The number of pyridine rings is 1. The van der Waals surface area contributed by atoms with Crippen LogP contribution in [0.2, 0.25) is 5.02 Å². The monoisotopic (exact) mass is 496 g/mol. The van der Waals surface area contributed by atoms with Gasteiger partial charge >= 0.3 is 0 Å². The van der Waals surface area contributed by atoms with Crippen molar-refractivity contribution in [2.75, 3.05) is 18.1 Å². The van der Waals surface area contributed by atoms with Crippen molar-refractivity contribution in [1.82, 2.24) is 9.55 Å². The number of rotatable bonds is 9. The lowest BCUT2D eigenvalue weighted by atomic mass is 10.0. The molecule has 0 spiro atoms. The molecule has 34 heavy (non-hydrogen) atoms. The first-order chi connectivity index (χ1) is 16.1. The summed E-state index contributed by atoms with van der Waals surface area (Å²) in [6, 6.07) is 23.5. The van der Waals surface area contributed by atoms with Gasteiger partial charge in [0.15, 0.2) is 0 Å². The van der Waals surface area contributed by atoms with Gasteiger partial charge in [0.05, 0.1) is 18.0 Å². The van der Waals surface area contributed by atoms with Crippen LogP contribution in [0.1, 0.15) is 43.5 Å². The lowest BCUT2D eigenvalue weighted by Gasteiger charge is -2.24. The lowest BCUT2D eigenvalue weighted by molar-refractivity contribution is 0.306. The molecular formula is C27H30Cl2N4O. The lowest BCUT2D eigenvalue weighted by Crippen LogP contribution is -2.15. The fourth-order valence-electron chi connectivity index (χ4n) is 3.93. The molecule has 1 atom stereocenters. The molecule has 2 aromatic carbocycles. The molecule has 0 saturated carbocycles. The number of halogens is 2. The van der Waals surface area contributed by atoms with E-state index in [0.717, 1.165) is 41.3 Å². The second-order valence-electron chi connectivity index (χ2n) is 8.02. The summed E-state index contributed by atoms with van der Waals surface area (Å²) in [7, 11) is 0. The van der Waals surface area contributed by atoms with Crippen molar-refractivity contribution in [3.63, 3.8) is 0 Å². The van der Waals surface area contributed by atoms with E-state index < -0.39 is 0 Å². The maximum absolute atomic E-state index is 6.63. The van der Waals surface area contributed by atoms with E-state index in [1.165, 1.54) is 12.8 Å². The first kappa shape index (κ1) is 25.5. The first-order valence-corrected chi connectivity index (χ1v) is 11.6. The average Bonchev–Trinajstić information content (AvgIpc) is 3.30. The summed E-state index contributed by atoms with van der Waals surface area (Å²) in [5.74, 6) is 1.19. The molecule has 4 aromatic rings. The SMILES string of the molecule is CCCCCOc1ccc(-c2cccn2C(c2ccc(N)c(N)n2)c2ccccc2Cl)cc1.Cl. The fourth-order valence-corrected chi connectivity index (χ4v) is 4.17. The number of hydrogen-bond acceptors (Lipinski definition) is 4. The fraction of sp³-hybridized carbons (Fsp3) is 0.222. The minimum atomic E-state index is -0.267. The zero-order valence-electron chi connectivity index (χ0n) is 19.2. The first-order valence-electron chi connectivity index (χ1n) is 11.2. The smallest absolute Gasteiger partial charge is 0.146 e. The van der Waals surface area contributed by atoms with Crippen molar-refractivity contribution in [2.24, 2.45) is 0 Å². The highest BCUT2D eigenvalue weighted by molar-refractivity contribution is 6.31. The van der Waals surface area contributed by atoms with E-state index >= 15 is 0 Å². The molecule has 0 aliphatic carbocycles. The summed E-state index contributed by atoms with van der Waals surface area (Å²) in [6.07, 6.45) is 5.46. The van der Waals surface area contributed by atoms with Gasteiger partial charge in [-0.2, -0.15) is 0 Å². The van der Waals surface area contributed by atoms with E-state index in [0.29, 0.717) is 16.5 Å². The molecule has 4 rings (SSSR count). The van der Waals surface area contributed by atoms with Crippen LogP contribution in [-0.4, -0.2) is 16.2 Å². The van der Waals surface area contributed by atoms with E-state index in [9.17, 15) is 0 Å². The molecule has 5 nitrogen and oxygen atoms in total. The minimum Gasteiger partial charge on any atom is -0.494 e. The van der Waals surface area contributed by atoms with Crippen molar-refractivity contribution in [3.05, 3.63) is 95.3 Å². The standard InChI is InChI=1S/C27H29ClN4O.ClH/c1-2-3-6-18-33-20-13-11-19(12-14-20)25-10-7-17-32(25)26(21-8-4-5-9-22(21)28)24-16-15-23(29)27(30)31-24;/h4-5,7-17,26H,2-3,6,18,29H2,1H3,(H2,30,31);1H. The van der Waals surface area contributed by atoms with Crippen LogP contribution in [0.3, 0.4) is 0 Å². The molecule has 0 amide bonds. The Bertz CT molecular complexity index is 1210. The summed E-state index contributed by atoms with van der Waals surface area (Å²) in [5, 5.41) is 0.662. The van der Waals surface area contributed by atoms with Crippen LogP contribution in [0.15, 0.2) is 79.0 Å². The molecule has 0 bridgehead atoms. The molecule has 4 N–H and O–H groups in total. The third kappa shape index (κ3) is 5.66. The van der Waals surface area contributed by atoms with Crippen molar-refractivity contribution >= 4 is 35.5 Å². The topological polar surface area (TPSA) is 79.1 Å². The Kier molecular flexibility index (Phi) is 8.85. The molecule has 7 heteroatoms. The summed E-state index contributed by atoms with van der Waals surface area (Å²) < 4.78 is 8.04. The molecule has 2 heterocycles. The Morgan fingerprint density at radius 3 is 2.41 bits per heavy atom. The van der Waals surface area contributed by atoms with E-state index in [2.05, 4.69) is 34.7 Å². The number of unbranched alkanes of at least 4 members (excludes halogenated alkanes) is 2. The minimum absolute atomic E-state index is 0. The van der Waals surface area contributed by atoms with Gasteiger partial charge in [-0.1, -0.05) is 49.6 Å². The van der Waals surface area contributed by atoms with Gasteiger partial charge in [0.1, 0.15) is 17.6 Å². The predicted molar refractivity (Wildman–Crippen MR) is 144 cm³/mol. The molecular weight excluding hydrogens is 467 g/mol. The number of anilines is 2. The van der Waals surface area contributed by atoms with Crippen LogP contribution in [0, 0.1) is 0 Å². The maximum Gasteiger partial charge on any atom is 0.146 e. The number of aromatic nitrogens is 2. The highest BCUT2D eigenvalue weighted by atomic mass is 35.5. The summed E-state index contributed by atoms with van der Waals surface area (Å²) in [6.45, 7) is 2.93. The van der Waals surface area contributed by atoms with Crippen molar-refractivity contribution in [3.8, 4) is 17.0 Å². The largest absolute Gasteiger partial charge is 0.494 e. The van der Waals surface area contributed by atoms with Crippen LogP contribution in [0.4, 0.5) is 11.5 Å².